The van der Waals surface area contributed by atoms with Crippen LogP contribution in [0.3, 0.4) is 0 Å². The van der Waals surface area contributed by atoms with E-state index in [2.05, 4.69) is 31.9 Å². The number of rotatable bonds is 4. The van der Waals surface area contributed by atoms with Crippen molar-refractivity contribution in [1.29, 1.82) is 0 Å². The summed E-state index contributed by atoms with van der Waals surface area (Å²) in [4.78, 5) is 4.00. The number of hydrogen-bond acceptors (Lipinski definition) is 2. The van der Waals surface area contributed by atoms with Crippen molar-refractivity contribution in [3.05, 3.63) is 25.2 Å². The number of hydrogen-bond donors (Lipinski definition) is 0. The molecule has 2 nitrogen and oxygen atoms in total. The highest BCUT2D eigenvalue weighted by Gasteiger charge is 2.07. The van der Waals surface area contributed by atoms with E-state index in [-0.39, 0.29) is 0 Å². The van der Waals surface area contributed by atoms with Gasteiger partial charge in [0.15, 0.2) is 0 Å². The molecule has 0 atom stereocenters. The molecule has 0 N–H and O–H groups in total. The highest BCUT2D eigenvalue weighted by atomic mass is 15.3. The first-order valence-electron chi connectivity index (χ1n) is 3.77. The van der Waals surface area contributed by atoms with Gasteiger partial charge in [-0.05, 0) is 20.0 Å². The predicted molar refractivity (Wildman–Crippen MR) is 50.0 cm³/mol. The van der Waals surface area contributed by atoms with Crippen molar-refractivity contribution in [2.24, 2.45) is 0 Å². The van der Waals surface area contributed by atoms with Gasteiger partial charge in [-0.15, -0.1) is 0 Å². The monoisotopic (exact) mass is 154 g/mol. The molecule has 0 spiro atoms. The van der Waals surface area contributed by atoms with Gasteiger partial charge in [-0.3, -0.25) is 0 Å². The molecular weight excluding hydrogens is 136 g/mol. The summed E-state index contributed by atoms with van der Waals surface area (Å²) in [6, 6.07) is 0.477. The van der Waals surface area contributed by atoms with Gasteiger partial charge in [-0.1, -0.05) is 13.2 Å². The molecule has 0 saturated heterocycles. The van der Waals surface area contributed by atoms with Gasteiger partial charge in [0, 0.05) is 20.1 Å². The molecule has 0 fully saturated rings. The van der Waals surface area contributed by atoms with Crippen LogP contribution in [0, 0.1) is 0 Å². The van der Waals surface area contributed by atoms with Gasteiger partial charge in [0.05, 0.1) is 0 Å². The molecule has 64 valence electrons. The summed E-state index contributed by atoms with van der Waals surface area (Å²) in [6.07, 6.45) is 1.75. The molecule has 0 bridgehead atoms. The van der Waals surface area contributed by atoms with Gasteiger partial charge in [-0.25, -0.2) is 0 Å². The highest BCUT2D eigenvalue weighted by molar-refractivity contribution is 4.96. The second-order valence-corrected chi connectivity index (χ2v) is 2.91. The molecule has 0 heterocycles. The molecule has 0 aliphatic heterocycles. The van der Waals surface area contributed by atoms with E-state index in [0.717, 1.165) is 5.82 Å². The van der Waals surface area contributed by atoms with Crippen molar-refractivity contribution in [2.75, 3.05) is 14.1 Å². The lowest BCUT2D eigenvalue weighted by atomic mass is 10.3. The molecule has 0 aromatic heterocycles. The van der Waals surface area contributed by atoms with E-state index >= 15 is 0 Å². The lowest BCUT2D eigenvalue weighted by Gasteiger charge is -2.30. The third-order valence-electron chi connectivity index (χ3n) is 1.86. The average Bonchev–Trinajstić information content (AvgIpc) is 2.00. The van der Waals surface area contributed by atoms with Crippen molar-refractivity contribution in [1.82, 2.24) is 9.80 Å². The first-order chi connectivity index (χ1) is 5.00. The molecule has 0 saturated carbocycles. The third-order valence-corrected chi connectivity index (χ3v) is 1.86. The summed E-state index contributed by atoms with van der Waals surface area (Å²) < 4.78 is 0. The summed E-state index contributed by atoms with van der Waals surface area (Å²) >= 11 is 0. The van der Waals surface area contributed by atoms with Crippen LogP contribution in [0.5, 0.6) is 0 Å². The summed E-state index contributed by atoms with van der Waals surface area (Å²) in [5, 5.41) is 0. The van der Waals surface area contributed by atoms with Crippen molar-refractivity contribution < 1.29 is 0 Å². The Morgan fingerprint density at radius 1 is 1.36 bits per heavy atom. The predicted octanol–water partition coefficient (Wildman–Crippen LogP) is 1.87. The van der Waals surface area contributed by atoms with Gasteiger partial charge in [0.25, 0.3) is 0 Å². The van der Waals surface area contributed by atoms with E-state index in [4.69, 9.17) is 0 Å². The van der Waals surface area contributed by atoms with Crippen molar-refractivity contribution in [3.8, 4) is 0 Å². The van der Waals surface area contributed by atoms with E-state index in [9.17, 15) is 0 Å². The van der Waals surface area contributed by atoms with E-state index in [1.807, 2.05) is 19.0 Å². The minimum atomic E-state index is 0.477. The van der Waals surface area contributed by atoms with Crippen LogP contribution in [-0.2, 0) is 0 Å². The molecule has 0 aromatic carbocycles. The topological polar surface area (TPSA) is 6.48 Å². The molecule has 0 radical (unpaired) electrons. The first-order valence-corrected chi connectivity index (χ1v) is 3.77. The quantitative estimate of drug-likeness (QED) is 0.610. The van der Waals surface area contributed by atoms with Gasteiger partial charge >= 0.3 is 0 Å². The molecule has 11 heavy (non-hydrogen) atoms. The van der Waals surface area contributed by atoms with Gasteiger partial charge in [0.1, 0.15) is 5.82 Å². The Hall–Kier alpha value is -0.920. The van der Waals surface area contributed by atoms with Crippen LogP contribution in [0.2, 0.25) is 0 Å². The molecular formula is C9H18N2. The second-order valence-electron chi connectivity index (χ2n) is 2.91. The van der Waals surface area contributed by atoms with Crippen molar-refractivity contribution in [3.63, 3.8) is 0 Å². The normalized spacial score (nSPS) is 9.55. The second kappa shape index (κ2) is 4.06. The zero-order valence-electron chi connectivity index (χ0n) is 7.96. The minimum Gasteiger partial charge on any atom is -0.359 e. The fraction of sp³-hybridized carbons (Fsp3) is 0.556. The summed E-state index contributed by atoms with van der Waals surface area (Å²) in [5.41, 5.74) is 0. The number of nitrogens with zero attached hydrogens (tertiary/aromatic N) is 2. The van der Waals surface area contributed by atoms with Gasteiger partial charge < -0.3 is 9.80 Å². The molecule has 0 aliphatic rings. The maximum absolute atomic E-state index is 3.93. The fourth-order valence-corrected chi connectivity index (χ4v) is 0.652. The molecule has 0 rings (SSSR count). The van der Waals surface area contributed by atoms with E-state index < -0.39 is 0 Å². The maximum Gasteiger partial charge on any atom is 0.100 e. The Kier molecular flexibility index (Phi) is 3.72. The smallest absolute Gasteiger partial charge is 0.100 e. The van der Waals surface area contributed by atoms with Gasteiger partial charge in [0.2, 0.25) is 0 Å². The molecule has 2 heteroatoms. The van der Waals surface area contributed by atoms with Crippen LogP contribution in [0.25, 0.3) is 0 Å². The Morgan fingerprint density at radius 2 is 1.82 bits per heavy atom. The Balaban J connectivity index is 4.12. The van der Waals surface area contributed by atoms with E-state index in [1.54, 1.807) is 6.20 Å². The maximum atomic E-state index is 3.93. The Labute approximate surface area is 69.8 Å². The Morgan fingerprint density at radius 3 is 2.09 bits per heavy atom. The third kappa shape index (κ3) is 2.66. The summed E-state index contributed by atoms with van der Waals surface area (Å²) in [6.45, 7) is 11.8. The largest absolute Gasteiger partial charge is 0.359 e. The van der Waals surface area contributed by atoms with Gasteiger partial charge in [-0.2, -0.15) is 0 Å². The zero-order chi connectivity index (χ0) is 9.02. The minimum absolute atomic E-state index is 0.477. The Bertz CT molecular complexity index is 150. The standard InChI is InChI=1S/C9H18N2/c1-7-10(5)9(4)11(6)8(2)3/h7-8H,1,4H2,2-3,5-6H3. The van der Waals surface area contributed by atoms with E-state index in [1.165, 1.54) is 0 Å². The van der Waals surface area contributed by atoms with E-state index in [0.29, 0.717) is 6.04 Å². The van der Waals surface area contributed by atoms with Crippen LogP contribution < -0.4 is 0 Å². The van der Waals surface area contributed by atoms with Crippen LogP contribution in [0.15, 0.2) is 25.2 Å². The van der Waals surface area contributed by atoms with Crippen LogP contribution in [0.1, 0.15) is 13.8 Å². The molecule has 0 unspecified atom stereocenters. The molecule has 0 aliphatic carbocycles. The van der Waals surface area contributed by atoms with Crippen LogP contribution in [-0.4, -0.2) is 29.9 Å². The highest BCUT2D eigenvalue weighted by Crippen LogP contribution is 2.07. The first kappa shape index (κ1) is 10.1. The van der Waals surface area contributed by atoms with Crippen molar-refractivity contribution >= 4 is 0 Å². The molecule has 0 aromatic rings. The molecule has 0 amide bonds. The van der Waals surface area contributed by atoms with Crippen LogP contribution >= 0.6 is 0 Å². The lowest BCUT2D eigenvalue weighted by molar-refractivity contribution is 0.272. The summed E-state index contributed by atoms with van der Waals surface area (Å²) in [5.74, 6) is 0.968. The SMILES string of the molecule is C=CN(C)C(=C)N(C)C(C)C. The average molecular weight is 154 g/mol. The fourth-order valence-electron chi connectivity index (χ4n) is 0.652. The summed E-state index contributed by atoms with van der Waals surface area (Å²) in [7, 11) is 3.96. The van der Waals surface area contributed by atoms with Crippen molar-refractivity contribution in [2.45, 2.75) is 19.9 Å². The van der Waals surface area contributed by atoms with Crippen LogP contribution in [0.4, 0.5) is 0 Å². The zero-order valence-corrected chi connectivity index (χ0v) is 7.96. The lowest BCUT2D eigenvalue weighted by Crippen LogP contribution is -2.31.